The maximum atomic E-state index is 12.5. The molecule has 1 aliphatic carbocycles. The maximum absolute atomic E-state index is 12.5. The van der Waals surface area contributed by atoms with Crippen LogP contribution in [-0.2, 0) is 11.8 Å². The van der Waals surface area contributed by atoms with Gasteiger partial charge in [-0.25, -0.2) is 0 Å². The molecule has 1 aliphatic rings. The molecule has 152 valence electrons. The second kappa shape index (κ2) is 9.65. The van der Waals surface area contributed by atoms with Crippen LogP contribution in [-0.4, -0.2) is 32.0 Å². The second-order valence-electron chi connectivity index (χ2n) is 7.19. The van der Waals surface area contributed by atoms with E-state index in [-0.39, 0.29) is 17.3 Å². The summed E-state index contributed by atoms with van der Waals surface area (Å²) in [5.41, 5.74) is 0. The summed E-state index contributed by atoms with van der Waals surface area (Å²) in [5.74, 6) is 1.35. The van der Waals surface area contributed by atoms with E-state index in [9.17, 15) is 4.79 Å². The summed E-state index contributed by atoms with van der Waals surface area (Å²) >= 11 is 7.58. The zero-order chi connectivity index (χ0) is 20.1. The Balaban J connectivity index is 1.60. The van der Waals surface area contributed by atoms with Crippen molar-refractivity contribution >= 4 is 29.3 Å². The number of hydrogen-bond acceptors (Lipinski definition) is 5. The van der Waals surface area contributed by atoms with Crippen LogP contribution in [0.2, 0.25) is 5.02 Å². The highest BCUT2D eigenvalue weighted by Crippen LogP contribution is 2.30. The number of rotatable bonds is 7. The van der Waals surface area contributed by atoms with Gasteiger partial charge in [0, 0.05) is 13.1 Å². The Hall–Kier alpha value is -1.73. The molecule has 2 aromatic rings. The van der Waals surface area contributed by atoms with Crippen LogP contribution in [0.4, 0.5) is 0 Å². The SMILES string of the molecule is CC(Sc1nnc(C(C)Oc2ccccc2Cl)n1C)C(=O)NC1CCCCC1. The molecule has 0 saturated heterocycles. The van der Waals surface area contributed by atoms with E-state index in [0.717, 1.165) is 12.8 Å². The lowest BCUT2D eigenvalue weighted by molar-refractivity contribution is -0.121. The van der Waals surface area contributed by atoms with Gasteiger partial charge in [0.2, 0.25) is 5.91 Å². The number of benzene rings is 1. The molecule has 28 heavy (non-hydrogen) atoms. The topological polar surface area (TPSA) is 69.0 Å². The first kappa shape index (κ1) is 21.0. The first-order valence-electron chi connectivity index (χ1n) is 9.73. The van der Waals surface area contributed by atoms with Gasteiger partial charge in [0.15, 0.2) is 17.1 Å². The minimum Gasteiger partial charge on any atom is -0.481 e. The van der Waals surface area contributed by atoms with E-state index >= 15 is 0 Å². The molecule has 2 atom stereocenters. The van der Waals surface area contributed by atoms with Gasteiger partial charge in [-0.15, -0.1) is 10.2 Å². The number of para-hydroxylation sites is 1. The van der Waals surface area contributed by atoms with Gasteiger partial charge >= 0.3 is 0 Å². The van der Waals surface area contributed by atoms with Gasteiger partial charge in [0.1, 0.15) is 5.75 Å². The number of ether oxygens (including phenoxy) is 1. The Morgan fingerprint density at radius 1 is 1.25 bits per heavy atom. The summed E-state index contributed by atoms with van der Waals surface area (Å²) in [6, 6.07) is 7.65. The normalized spacial score (nSPS) is 17.1. The van der Waals surface area contributed by atoms with Crippen LogP contribution < -0.4 is 10.1 Å². The number of aromatic nitrogens is 3. The first-order valence-corrected chi connectivity index (χ1v) is 11.0. The molecule has 0 radical (unpaired) electrons. The Morgan fingerprint density at radius 2 is 1.96 bits per heavy atom. The van der Waals surface area contributed by atoms with Crippen molar-refractivity contribution in [3.8, 4) is 5.75 Å². The first-order chi connectivity index (χ1) is 13.5. The van der Waals surface area contributed by atoms with Crippen molar-refractivity contribution in [1.82, 2.24) is 20.1 Å². The summed E-state index contributed by atoms with van der Waals surface area (Å²) in [5, 5.41) is 12.7. The zero-order valence-corrected chi connectivity index (χ0v) is 18.1. The van der Waals surface area contributed by atoms with Gasteiger partial charge in [-0.1, -0.05) is 54.8 Å². The van der Waals surface area contributed by atoms with Crippen molar-refractivity contribution in [3.63, 3.8) is 0 Å². The summed E-state index contributed by atoms with van der Waals surface area (Å²) in [6.07, 6.45) is 5.50. The van der Waals surface area contributed by atoms with E-state index in [0.29, 0.717) is 27.8 Å². The van der Waals surface area contributed by atoms with E-state index in [4.69, 9.17) is 16.3 Å². The number of carbonyl (C=O) groups is 1. The molecule has 1 N–H and O–H groups in total. The Morgan fingerprint density at radius 3 is 2.68 bits per heavy atom. The van der Waals surface area contributed by atoms with E-state index in [1.807, 2.05) is 43.7 Å². The van der Waals surface area contributed by atoms with Gasteiger partial charge in [-0.3, -0.25) is 4.79 Å². The minimum atomic E-state index is -0.321. The highest BCUT2D eigenvalue weighted by atomic mass is 35.5. The summed E-state index contributed by atoms with van der Waals surface area (Å²) in [7, 11) is 1.88. The molecule has 1 fully saturated rings. The van der Waals surface area contributed by atoms with E-state index in [1.165, 1.54) is 31.0 Å². The number of halogens is 1. The highest BCUT2D eigenvalue weighted by molar-refractivity contribution is 8.00. The Kier molecular flexibility index (Phi) is 7.24. The lowest BCUT2D eigenvalue weighted by Gasteiger charge is -2.24. The van der Waals surface area contributed by atoms with Crippen LogP contribution in [0.5, 0.6) is 5.75 Å². The van der Waals surface area contributed by atoms with Crippen LogP contribution in [0, 0.1) is 0 Å². The minimum absolute atomic E-state index is 0.0572. The number of thioether (sulfide) groups is 1. The molecule has 8 heteroatoms. The van der Waals surface area contributed by atoms with Crippen LogP contribution in [0.25, 0.3) is 0 Å². The van der Waals surface area contributed by atoms with Gasteiger partial charge in [0.05, 0.1) is 10.3 Å². The zero-order valence-electron chi connectivity index (χ0n) is 16.5. The third kappa shape index (κ3) is 5.20. The summed E-state index contributed by atoms with van der Waals surface area (Å²) in [4.78, 5) is 12.5. The Bertz CT molecular complexity index is 807. The number of nitrogens with one attached hydrogen (secondary N) is 1. The van der Waals surface area contributed by atoms with E-state index in [1.54, 1.807) is 6.07 Å². The molecule has 3 rings (SSSR count). The molecule has 0 bridgehead atoms. The molecule has 1 aromatic heterocycles. The Labute approximate surface area is 175 Å². The van der Waals surface area contributed by atoms with Gasteiger partial charge in [0.25, 0.3) is 0 Å². The van der Waals surface area contributed by atoms with Crippen molar-refractivity contribution in [2.75, 3.05) is 0 Å². The molecular weight excluding hydrogens is 396 g/mol. The molecule has 6 nitrogen and oxygen atoms in total. The quantitative estimate of drug-likeness (QED) is 0.663. The average molecular weight is 423 g/mol. The molecule has 1 aromatic carbocycles. The molecule has 1 heterocycles. The number of nitrogens with zero attached hydrogens (tertiary/aromatic N) is 3. The van der Waals surface area contributed by atoms with Gasteiger partial charge < -0.3 is 14.6 Å². The van der Waals surface area contributed by atoms with Crippen molar-refractivity contribution in [2.45, 2.75) is 68.5 Å². The van der Waals surface area contributed by atoms with Gasteiger partial charge in [-0.05, 0) is 38.8 Å². The van der Waals surface area contributed by atoms with Crippen LogP contribution in [0.3, 0.4) is 0 Å². The standard InChI is InChI=1S/C20H27ClN4O2S/c1-13(27-17-12-8-7-11-16(17)21)18-23-24-20(25(18)3)28-14(2)19(26)22-15-9-5-4-6-10-15/h7-8,11-15H,4-6,9-10H2,1-3H3,(H,22,26). The predicted molar refractivity (Wildman–Crippen MR) is 112 cm³/mol. The van der Waals surface area contributed by atoms with Crippen molar-refractivity contribution in [1.29, 1.82) is 0 Å². The van der Waals surface area contributed by atoms with Crippen LogP contribution in [0.1, 0.15) is 57.9 Å². The number of hydrogen-bond donors (Lipinski definition) is 1. The summed E-state index contributed by atoms with van der Waals surface area (Å²) in [6.45, 7) is 3.81. The molecule has 0 aliphatic heterocycles. The predicted octanol–water partition coefficient (Wildman–Crippen LogP) is 4.54. The molecule has 2 unspecified atom stereocenters. The average Bonchev–Trinajstić information content (AvgIpc) is 3.05. The summed E-state index contributed by atoms with van der Waals surface area (Å²) < 4.78 is 7.81. The fraction of sp³-hybridized carbons (Fsp3) is 0.550. The lowest BCUT2D eigenvalue weighted by atomic mass is 9.95. The third-order valence-corrected chi connectivity index (χ3v) is 6.42. The van der Waals surface area contributed by atoms with Crippen molar-refractivity contribution in [3.05, 3.63) is 35.1 Å². The molecule has 1 amide bonds. The molecule has 1 saturated carbocycles. The fourth-order valence-electron chi connectivity index (χ4n) is 3.34. The highest BCUT2D eigenvalue weighted by Gasteiger charge is 2.24. The monoisotopic (exact) mass is 422 g/mol. The molecule has 0 spiro atoms. The number of amides is 1. The van der Waals surface area contributed by atoms with Crippen LogP contribution >= 0.6 is 23.4 Å². The van der Waals surface area contributed by atoms with Gasteiger partial charge in [-0.2, -0.15) is 0 Å². The van der Waals surface area contributed by atoms with Crippen LogP contribution in [0.15, 0.2) is 29.4 Å². The van der Waals surface area contributed by atoms with E-state index < -0.39 is 0 Å². The second-order valence-corrected chi connectivity index (χ2v) is 8.91. The smallest absolute Gasteiger partial charge is 0.233 e. The van der Waals surface area contributed by atoms with Crippen molar-refractivity contribution < 1.29 is 9.53 Å². The van der Waals surface area contributed by atoms with Crippen molar-refractivity contribution in [2.24, 2.45) is 7.05 Å². The third-order valence-electron chi connectivity index (χ3n) is 4.98. The maximum Gasteiger partial charge on any atom is 0.233 e. The molecular formula is C20H27ClN4O2S. The largest absolute Gasteiger partial charge is 0.481 e. The lowest BCUT2D eigenvalue weighted by Crippen LogP contribution is -2.40. The number of carbonyl (C=O) groups excluding carboxylic acids is 1. The van der Waals surface area contributed by atoms with E-state index in [2.05, 4.69) is 15.5 Å². The fourth-order valence-corrected chi connectivity index (χ4v) is 4.35.